The molecule has 0 radical (unpaired) electrons. The van der Waals surface area contributed by atoms with Crippen molar-refractivity contribution in [3.05, 3.63) is 24.3 Å². The Kier molecular flexibility index (Phi) is 4.55. The Morgan fingerprint density at radius 2 is 1.85 bits per heavy atom. The molecule has 1 aliphatic rings. The molecule has 1 aromatic carbocycles. The van der Waals surface area contributed by atoms with Crippen LogP contribution in [0.4, 0.5) is 5.69 Å². The van der Waals surface area contributed by atoms with Gasteiger partial charge in [-0.25, -0.2) is 0 Å². The summed E-state index contributed by atoms with van der Waals surface area (Å²) in [7, 11) is 0. The van der Waals surface area contributed by atoms with Gasteiger partial charge in [-0.05, 0) is 12.1 Å². The first-order valence-corrected chi connectivity index (χ1v) is 6.79. The van der Waals surface area contributed by atoms with Gasteiger partial charge < -0.3 is 36.0 Å². The smallest absolute Gasteiger partial charge is 0.250 e. The number of nitrogen functional groups attached to an aromatic ring is 1. The van der Waals surface area contributed by atoms with Gasteiger partial charge in [0.1, 0.15) is 24.4 Å². The van der Waals surface area contributed by atoms with Crippen LogP contribution in [0, 0.1) is 0 Å². The average Bonchev–Trinajstić information content (AvgIpc) is 2.43. The highest BCUT2D eigenvalue weighted by Gasteiger charge is 2.53. The summed E-state index contributed by atoms with van der Waals surface area (Å²) in [5.41, 5.74) is 6.10. The molecule has 5 atom stereocenters. The second kappa shape index (κ2) is 5.86. The third-order valence-electron chi connectivity index (χ3n) is 3.10. The molecule has 0 bridgehead atoms. The highest BCUT2D eigenvalue weighted by atomic mass is 32.2. The standard InChI is InChI=1S/C12H17NO6S/c13-6-3-1-2-4-8(6)20-12(18)11(17)10(16)9(15)7(5-14)19-12/h1-4,7,9-11,14-18H,5,13H2/t7-,9+,10-,11-,12-/m1/s1. The summed E-state index contributed by atoms with van der Waals surface area (Å²) in [5.74, 6) is 0. The van der Waals surface area contributed by atoms with E-state index in [1.807, 2.05) is 0 Å². The summed E-state index contributed by atoms with van der Waals surface area (Å²) in [6, 6.07) is 6.61. The number of anilines is 1. The number of aliphatic hydroxyl groups is 5. The summed E-state index contributed by atoms with van der Waals surface area (Å²) in [4.78, 5) is 0.439. The van der Waals surface area contributed by atoms with E-state index >= 15 is 0 Å². The first-order valence-electron chi connectivity index (χ1n) is 5.98. The Bertz CT molecular complexity index is 473. The number of nitrogens with two attached hydrogens (primary N) is 1. The van der Waals surface area contributed by atoms with Gasteiger partial charge >= 0.3 is 0 Å². The minimum atomic E-state index is -2.22. The quantitative estimate of drug-likeness (QED) is 0.293. The fraction of sp³-hybridized carbons (Fsp3) is 0.500. The van der Waals surface area contributed by atoms with Gasteiger partial charge in [-0.15, -0.1) is 0 Å². The maximum atomic E-state index is 10.4. The molecule has 1 aromatic rings. The van der Waals surface area contributed by atoms with Crippen molar-refractivity contribution in [3.8, 4) is 0 Å². The SMILES string of the molecule is Nc1ccccc1S[C@]1(O)O[C@H](CO)[C@H](O)[C@@H](O)[C@H]1O. The molecule has 0 spiro atoms. The van der Waals surface area contributed by atoms with Gasteiger partial charge in [0, 0.05) is 10.6 Å². The summed E-state index contributed by atoms with van der Waals surface area (Å²) < 4.78 is 5.13. The van der Waals surface area contributed by atoms with Gasteiger partial charge in [-0.1, -0.05) is 23.9 Å². The molecular weight excluding hydrogens is 286 g/mol. The van der Waals surface area contributed by atoms with E-state index in [9.17, 15) is 20.4 Å². The fourth-order valence-electron chi connectivity index (χ4n) is 1.94. The van der Waals surface area contributed by atoms with E-state index in [0.29, 0.717) is 22.3 Å². The van der Waals surface area contributed by atoms with Crippen molar-refractivity contribution in [2.24, 2.45) is 0 Å². The van der Waals surface area contributed by atoms with Crippen LogP contribution >= 0.6 is 11.8 Å². The second-order valence-corrected chi connectivity index (χ2v) is 5.76. The minimum absolute atomic E-state index is 0.364. The van der Waals surface area contributed by atoms with Gasteiger partial charge in [-0.2, -0.15) is 0 Å². The lowest BCUT2D eigenvalue weighted by Crippen LogP contribution is -2.63. The average molecular weight is 303 g/mol. The van der Waals surface area contributed by atoms with Crippen LogP contribution in [0.5, 0.6) is 0 Å². The number of benzene rings is 1. The molecule has 1 heterocycles. The van der Waals surface area contributed by atoms with Crippen molar-refractivity contribution in [1.29, 1.82) is 0 Å². The minimum Gasteiger partial charge on any atom is -0.398 e. The van der Waals surface area contributed by atoms with Crippen molar-refractivity contribution in [2.75, 3.05) is 12.3 Å². The highest BCUT2D eigenvalue weighted by molar-refractivity contribution is 8.00. The van der Waals surface area contributed by atoms with Gasteiger partial charge in [-0.3, -0.25) is 0 Å². The van der Waals surface area contributed by atoms with Crippen LogP contribution in [0.2, 0.25) is 0 Å². The zero-order chi connectivity index (χ0) is 14.9. The zero-order valence-corrected chi connectivity index (χ0v) is 11.3. The summed E-state index contributed by atoms with van der Waals surface area (Å²) in [6.45, 7) is -0.613. The summed E-state index contributed by atoms with van der Waals surface area (Å²) in [5, 5.41) is 46.5. The Balaban J connectivity index is 2.26. The van der Waals surface area contributed by atoms with Crippen LogP contribution < -0.4 is 5.73 Å². The van der Waals surface area contributed by atoms with E-state index in [1.54, 1.807) is 24.3 Å². The third kappa shape index (κ3) is 2.77. The van der Waals surface area contributed by atoms with Gasteiger partial charge in [0.15, 0.2) is 0 Å². The van der Waals surface area contributed by atoms with Crippen molar-refractivity contribution in [1.82, 2.24) is 0 Å². The molecule has 1 aliphatic heterocycles. The molecule has 7 N–H and O–H groups in total. The molecule has 0 aliphatic carbocycles. The lowest BCUT2D eigenvalue weighted by atomic mass is 9.99. The van der Waals surface area contributed by atoms with Crippen molar-refractivity contribution in [3.63, 3.8) is 0 Å². The number of aliphatic hydroxyl groups excluding tert-OH is 4. The molecule has 0 saturated carbocycles. The Morgan fingerprint density at radius 1 is 1.20 bits per heavy atom. The Hall–Kier alpha value is -0.870. The summed E-state index contributed by atoms with van der Waals surface area (Å²) >= 11 is 0.703. The molecule has 112 valence electrons. The molecule has 1 saturated heterocycles. The van der Waals surface area contributed by atoms with E-state index in [0.717, 1.165) is 0 Å². The normalized spacial score (nSPS) is 37.9. The van der Waals surface area contributed by atoms with E-state index in [1.165, 1.54) is 0 Å². The molecule has 20 heavy (non-hydrogen) atoms. The van der Waals surface area contributed by atoms with Crippen molar-refractivity contribution >= 4 is 17.4 Å². The van der Waals surface area contributed by atoms with E-state index in [4.69, 9.17) is 15.6 Å². The number of hydrogen-bond donors (Lipinski definition) is 6. The monoisotopic (exact) mass is 303 g/mol. The highest BCUT2D eigenvalue weighted by Crippen LogP contribution is 2.42. The molecule has 0 amide bonds. The lowest BCUT2D eigenvalue weighted by molar-refractivity contribution is -0.305. The number of ether oxygens (including phenoxy) is 1. The maximum absolute atomic E-state index is 10.4. The van der Waals surface area contributed by atoms with Gasteiger partial charge in [0.05, 0.1) is 6.61 Å². The lowest BCUT2D eigenvalue weighted by Gasteiger charge is -2.44. The molecule has 1 fully saturated rings. The molecule has 0 unspecified atom stereocenters. The number of para-hydroxylation sites is 1. The molecule has 0 aromatic heterocycles. The van der Waals surface area contributed by atoms with Crippen LogP contribution in [0.25, 0.3) is 0 Å². The predicted molar refractivity (Wildman–Crippen MR) is 71.6 cm³/mol. The fourth-order valence-corrected chi connectivity index (χ4v) is 3.02. The van der Waals surface area contributed by atoms with Crippen LogP contribution in [0.1, 0.15) is 0 Å². The van der Waals surface area contributed by atoms with E-state index < -0.39 is 36.1 Å². The number of thioether (sulfide) groups is 1. The maximum Gasteiger partial charge on any atom is 0.250 e. The van der Waals surface area contributed by atoms with E-state index in [2.05, 4.69) is 0 Å². The molecule has 7 nitrogen and oxygen atoms in total. The Labute approximate surface area is 119 Å². The molecule has 8 heteroatoms. The van der Waals surface area contributed by atoms with Crippen LogP contribution in [-0.4, -0.2) is 61.7 Å². The van der Waals surface area contributed by atoms with Crippen LogP contribution in [0.15, 0.2) is 29.2 Å². The molecule has 2 rings (SSSR count). The molecular formula is C12H17NO6S. The largest absolute Gasteiger partial charge is 0.398 e. The third-order valence-corrected chi connectivity index (χ3v) is 4.33. The number of hydrogen-bond acceptors (Lipinski definition) is 8. The topological polar surface area (TPSA) is 136 Å². The second-order valence-electron chi connectivity index (χ2n) is 4.54. The first kappa shape index (κ1) is 15.5. The Morgan fingerprint density at radius 3 is 2.45 bits per heavy atom. The van der Waals surface area contributed by atoms with Crippen LogP contribution in [0.3, 0.4) is 0 Å². The van der Waals surface area contributed by atoms with Crippen LogP contribution in [-0.2, 0) is 4.74 Å². The van der Waals surface area contributed by atoms with Gasteiger partial charge in [0.2, 0.25) is 0 Å². The van der Waals surface area contributed by atoms with E-state index in [-0.39, 0.29) is 0 Å². The van der Waals surface area contributed by atoms with Crippen molar-refractivity contribution < 1.29 is 30.3 Å². The van der Waals surface area contributed by atoms with Crippen molar-refractivity contribution in [2.45, 2.75) is 34.4 Å². The summed E-state index contributed by atoms with van der Waals surface area (Å²) in [6.07, 6.45) is -6.12. The van der Waals surface area contributed by atoms with Gasteiger partial charge in [0.25, 0.3) is 5.12 Å². The zero-order valence-electron chi connectivity index (χ0n) is 10.5. The number of rotatable bonds is 3. The predicted octanol–water partition coefficient (Wildman–Crippen LogP) is -1.52. The first-order chi connectivity index (χ1) is 9.39.